The van der Waals surface area contributed by atoms with Gasteiger partial charge in [0.15, 0.2) is 22.6 Å². The van der Waals surface area contributed by atoms with Gasteiger partial charge in [-0.05, 0) is 49.1 Å². The number of nitrogens with two attached hydrogens (primary N) is 2. The molecule has 4 N–H and O–H groups in total. The second-order valence-corrected chi connectivity index (χ2v) is 19.6. The number of guanidine groups is 1. The SMILES string of the molecule is CC(C)(C)[Si](C)(C)OCCC(CCO[Si](C)(C)C(C)(C)C)N=C(N)N. The van der Waals surface area contributed by atoms with Gasteiger partial charge in [-0.2, -0.15) is 0 Å². The summed E-state index contributed by atoms with van der Waals surface area (Å²) in [4.78, 5) is 4.38. The molecular formula is C18H43N3O2Si2. The van der Waals surface area contributed by atoms with E-state index in [-0.39, 0.29) is 22.1 Å². The van der Waals surface area contributed by atoms with Crippen LogP contribution in [0.5, 0.6) is 0 Å². The van der Waals surface area contributed by atoms with Crippen molar-refractivity contribution in [3.8, 4) is 0 Å². The van der Waals surface area contributed by atoms with Crippen LogP contribution in [0.2, 0.25) is 36.3 Å². The molecule has 0 rings (SSSR count). The second-order valence-electron chi connectivity index (χ2n) is 10.0. The Morgan fingerprint density at radius 1 is 0.800 bits per heavy atom. The minimum absolute atomic E-state index is 0.0551. The lowest BCUT2D eigenvalue weighted by atomic mass is 10.1. The van der Waals surface area contributed by atoms with Gasteiger partial charge in [0, 0.05) is 13.2 Å². The van der Waals surface area contributed by atoms with Gasteiger partial charge in [0.25, 0.3) is 0 Å². The molecule has 0 aliphatic carbocycles. The standard InChI is InChI=1S/C18H43N3O2Si2/c1-17(2,3)24(7,8)22-13-11-15(21-16(19)20)12-14-23-25(9,10)18(4,5)6/h15H,11-14H2,1-10H3,(H4,19,20,21). The second kappa shape index (κ2) is 9.01. The Hall–Kier alpha value is -0.376. The van der Waals surface area contributed by atoms with Crippen LogP contribution >= 0.6 is 0 Å². The fraction of sp³-hybridized carbons (Fsp3) is 0.944. The zero-order chi connectivity index (χ0) is 20.1. The topological polar surface area (TPSA) is 82.9 Å². The molecule has 7 heteroatoms. The van der Waals surface area contributed by atoms with Crippen molar-refractivity contribution in [3.63, 3.8) is 0 Å². The molecule has 0 amide bonds. The van der Waals surface area contributed by atoms with Gasteiger partial charge in [-0.1, -0.05) is 41.5 Å². The van der Waals surface area contributed by atoms with Crippen molar-refractivity contribution in [1.82, 2.24) is 0 Å². The molecule has 0 saturated heterocycles. The highest BCUT2D eigenvalue weighted by Gasteiger charge is 2.38. The van der Waals surface area contributed by atoms with Gasteiger partial charge in [-0.25, -0.2) is 0 Å². The largest absolute Gasteiger partial charge is 0.417 e. The maximum absolute atomic E-state index is 6.26. The van der Waals surface area contributed by atoms with E-state index in [9.17, 15) is 0 Å². The summed E-state index contributed by atoms with van der Waals surface area (Å²) in [6, 6.07) is 0.0551. The quantitative estimate of drug-likeness (QED) is 0.346. The highest BCUT2D eigenvalue weighted by Crippen LogP contribution is 2.37. The summed E-state index contributed by atoms with van der Waals surface area (Å²) in [5.74, 6) is 0.143. The molecule has 0 unspecified atom stereocenters. The van der Waals surface area contributed by atoms with Crippen molar-refractivity contribution in [2.45, 2.75) is 96.7 Å². The first-order chi connectivity index (χ1) is 11.0. The van der Waals surface area contributed by atoms with E-state index in [1.54, 1.807) is 0 Å². The van der Waals surface area contributed by atoms with E-state index < -0.39 is 16.6 Å². The van der Waals surface area contributed by atoms with Crippen molar-refractivity contribution in [2.24, 2.45) is 16.5 Å². The summed E-state index contributed by atoms with van der Waals surface area (Å²) in [7, 11) is -3.47. The number of nitrogens with zero attached hydrogens (tertiary/aromatic N) is 1. The molecule has 0 spiro atoms. The molecule has 0 radical (unpaired) electrons. The van der Waals surface area contributed by atoms with E-state index in [0.29, 0.717) is 13.2 Å². The minimum atomic E-state index is -1.73. The maximum Gasteiger partial charge on any atom is 0.191 e. The number of hydrogen-bond donors (Lipinski definition) is 2. The van der Waals surface area contributed by atoms with Gasteiger partial charge in [-0.15, -0.1) is 0 Å². The summed E-state index contributed by atoms with van der Waals surface area (Å²) in [5, 5.41) is 0.425. The molecule has 0 atom stereocenters. The normalized spacial score (nSPS) is 14.0. The number of aliphatic imine (C=N–C) groups is 1. The number of rotatable bonds is 9. The van der Waals surface area contributed by atoms with Crippen molar-refractivity contribution in [2.75, 3.05) is 13.2 Å². The molecule has 0 fully saturated rings. The predicted octanol–water partition coefficient (Wildman–Crippen LogP) is 4.45. The van der Waals surface area contributed by atoms with Crippen LogP contribution in [0.15, 0.2) is 4.99 Å². The summed E-state index contributed by atoms with van der Waals surface area (Å²) in [5.41, 5.74) is 11.2. The van der Waals surface area contributed by atoms with Crippen molar-refractivity contribution in [3.05, 3.63) is 0 Å². The molecule has 5 nitrogen and oxygen atoms in total. The third-order valence-corrected chi connectivity index (χ3v) is 14.8. The van der Waals surface area contributed by atoms with Crippen molar-refractivity contribution >= 4 is 22.6 Å². The van der Waals surface area contributed by atoms with Gasteiger partial charge in [0.2, 0.25) is 0 Å². The molecule has 0 aliphatic heterocycles. The fourth-order valence-electron chi connectivity index (χ4n) is 1.82. The predicted molar refractivity (Wildman–Crippen MR) is 115 cm³/mol. The lowest BCUT2D eigenvalue weighted by molar-refractivity contribution is 0.242. The van der Waals surface area contributed by atoms with Crippen LogP contribution in [0.4, 0.5) is 0 Å². The summed E-state index contributed by atoms with van der Waals surface area (Å²) in [6.45, 7) is 24.0. The Morgan fingerprint density at radius 2 is 1.12 bits per heavy atom. The van der Waals surface area contributed by atoms with Gasteiger partial charge in [0.1, 0.15) is 0 Å². The zero-order valence-corrected chi connectivity index (χ0v) is 20.3. The minimum Gasteiger partial charge on any atom is -0.417 e. The maximum atomic E-state index is 6.26. The first-order valence-corrected chi connectivity index (χ1v) is 15.2. The molecule has 0 aromatic carbocycles. The first kappa shape index (κ1) is 24.6. The van der Waals surface area contributed by atoms with Crippen molar-refractivity contribution in [1.29, 1.82) is 0 Å². The van der Waals surface area contributed by atoms with Gasteiger partial charge in [0.05, 0.1) is 6.04 Å². The van der Waals surface area contributed by atoms with E-state index in [2.05, 4.69) is 72.7 Å². The Balaban J connectivity index is 4.62. The molecule has 0 saturated carbocycles. The van der Waals surface area contributed by atoms with Crippen LogP contribution in [0.3, 0.4) is 0 Å². The van der Waals surface area contributed by atoms with E-state index in [1.165, 1.54) is 0 Å². The molecule has 0 bridgehead atoms. The van der Waals surface area contributed by atoms with Crippen LogP contribution in [0.1, 0.15) is 54.4 Å². The van der Waals surface area contributed by atoms with Crippen molar-refractivity contribution < 1.29 is 8.85 Å². The Morgan fingerprint density at radius 3 is 1.36 bits per heavy atom. The van der Waals surface area contributed by atoms with Crippen LogP contribution in [-0.2, 0) is 8.85 Å². The smallest absolute Gasteiger partial charge is 0.191 e. The van der Waals surface area contributed by atoms with Crippen LogP contribution < -0.4 is 11.5 Å². The van der Waals surface area contributed by atoms with E-state index in [0.717, 1.165) is 12.8 Å². The Kier molecular flexibility index (Phi) is 8.88. The fourth-order valence-corrected chi connectivity index (χ4v) is 3.94. The number of hydrogen-bond acceptors (Lipinski definition) is 3. The highest BCUT2D eigenvalue weighted by atomic mass is 28.4. The molecule has 0 aromatic heterocycles. The molecule has 25 heavy (non-hydrogen) atoms. The zero-order valence-electron chi connectivity index (χ0n) is 18.3. The van der Waals surface area contributed by atoms with Crippen LogP contribution in [0, 0.1) is 0 Å². The Bertz CT molecular complexity index is 403. The van der Waals surface area contributed by atoms with Gasteiger partial charge >= 0.3 is 0 Å². The molecule has 150 valence electrons. The summed E-state index contributed by atoms with van der Waals surface area (Å²) < 4.78 is 12.5. The van der Waals surface area contributed by atoms with E-state index >= 15 is 0 Å². The Labute approximate surface area is 158 Å². The average molecular weight is 390 g/mol. The molecule has 0 heterocycles. The third kappa shape index (κ3) is 8.70. The van der Waals surface area contributed by atoms with E-state index in [4.69, 9.17) is 20.3 Å². The lowest BCUT2D eigenvalue weighted by Crippen LogP contribution is -2.42. The van der Waals surface area contributed by atoms with Gasteiger partial charge < -0.3 is 20.3 Å². The first-order valence-electron chi connectivity index (χ1n) is 9.36. The lowest BCUT2D eigenvalue weighted by Gasteiger charge is -2.37. The monoisotopic (exact) mass is 389 g/mol. The average Bonchev–Trinajstić information content (AvgIpc) is 2.34. The molecular weight excluding hydrogens is 346 g/mol. The van der Waals surface area contributed by atoms with Crippen LogP contribution in [0.25, 0.3) is 0 Å². The molecule has 0 aromatic rings. The summed E-state index contributed by atoms with van der Waals surface area (Å²) >= 11 is 0. The third-order valence-electron chi connectivity index (χ3n) is 5.77. The van der Waals surface area contributed by atoms with Gasteiger partial charge in [-0.3, -0.25) is 4.99 Å². The van der Waals surface area contributed by atoms with E-state index in [1.807, 2.05) is 0 Å². The molecule has 0 aliphatic rings. The summed E-state index contributed by atoms with van der Waals surface area (Å²) in [6.07, 6.45) is 1.65. The highest BCUT2D eigenvalue weighted by molar-refractivity contribution is 6.74. The van der Waals surface area contributed by atoms with Crippen LogP contribution in [-0.4, -0.2) is 41.8 Å².